The van der Waals surface area contributed by atoms with Crippen molar-refractivity contribution in [1.29, 1.82) is 0 Å². The zero-order valence-corrected chi connectivity index (χ0v) is 19.8. The van der Waals surface area contributed by atoms with Crippen LogP contribution in [0.4, 0.5) is 0 Å². The molecular formula is C28H34N2O3. The van der Waals surface area contributed by atoms with Crippen molar-refractivity contribution < 1.29 is 14.6 Å². The molecule has 0 saturated heterocycles. The van der Waals surface area contributed by atoms with Crippen molar-refractivity contribution >= 4 is 5.97 Å². The highest BCUT2D eigenvalue weighted by Gasteiger charge is 2.22. The topological polar surface area (TPSA) is 62.7 Å². The monoisotopic (exact) mass is 446 g/mol. The maximum Gasteiger partial charge on any atom is 0.306 e. The van der Waals surface area contributed by atoms with Crippen molar-refractivity contribution in [3.63, 3.8) is 0 Å². The van der Waals surface area contributed by atoms with E-state index in [9.17, 15) is 9.90 Å². The van der Waals surface area contributed by atoms with Gasteiger partial charge >= 0.3 is 5.97 Å². The third-order valence-electron chi connectivity index (χ3n) is 5.88. The molecule has 3 aromatic rings. The molecule has 0 aliphatic heterocycles. The molecule has 1 atom stereocenters. The lowest BCUT2D eigenvalue weighted by Crippen LogP contribution is -2.29. The Morgan fingerprint density at radius 1 is 1.00 bits per heavy atom. The van der Waals surface area contributed by atoms with E-state index in [4.69, 9.17) is 4.74 Å². The number of carboxylic acid groups (broad SMARTS) is 1. The van der Waals surface area contributed by atoms with Gasteiger partial charge in [-0.2, -0.15) is 0 Å². The summed E-state index contributed by atoms with van der Waals surface area (Å²) in [5.74, 6) is -0.138. The second-order valence-electron chi connectivity index (χ2n) is 8.93. The molecule has 5 heteroatoms. The molecule has 1 unspecified atom stereocenters. The minimum atomic E-state index is -0.726. The number of hydrogen-bond acceptors (Lipinski definition) is 4. The molecule has 0 bridgehead atoms. The fourth-order valence-electron chi connectivity index (χ4n) is 4.00. The molecule has 0 aliphatic carbocycles. The van der Waals surface area contributed by atoms with Crippen molar-refractivity contribution in [2.75, 3.05) is 6.54 Å². The highest BCUT2D eigenvalue weighted by Crippen LogP contribution is 2.24. The number of para-hydroxylation sites is 1. The number of ether oxygens (including phenoxy) is 1. The summed E-state index contributed by atoms with van der Waals surface area (Å²) in [6.07, 6.45) is 4.19. The van der Waals surface area contributed by atoms with Crippen LogP contribution >= 0.6 is 0 Å². The number of hydrogen-bond donors (Lipinski definition) is 1. The standard InChI is InChI=1S/C28H34N2O3/c1-21(2)26(28(31)32)13-16-30(18-23-11-14-29-15-12-23)19-25-9-4-5-10-27(25)33-20-24-8-6-7-22(3)17-24/h4-12,14-15,17,21,26H,13,16,18-20H2,1-3H3,(H,31,32). The minimum Gasteiger partial charge on any atom is -0.489 e. The molecule has 1 heterocycles. The van der Waals surface area contributed by atoms with Gasteiger partial charge in [0.05, 0.1) is 5.92 Å². The van der Waals surface area contributed by atoms with Crippen molar-refractivity contribution in [2.45, 2.75) is 46.9 Å². The Balaban J connectivity index is 1.74. The Hall–Kier alpha value is -3.18. The van der Waals surface area contributed by atoms with Crippen LogP contribution in [0, 0.1) is 18.8 Å². The Morgan fingerprint density at radius 3 is 2.45 bits per heavy atom. The second-order valence-corrected chi connectivity index (χ2v) is 8.93. The van der Waals surface area contributed by atoms with Gasteiger partial charge in [0.25, 0.3) is 0 Å². The highest BCUT2D eigenvalue weighted by atomic mass is 16.5. The van der Waals surface area contributed by atoms with E-state index < -0.39 is 5.97 Å². The zero-order chi connectivity index (χ0) is 23.6. The maximum absolute atomic E-state index is 11.7. The van der Waals surface area contributed by atoms with Crippen LogP contribution < -0.4 is 4.74 Å². The number of pyridine rings is 1. The lowest BCUT2D eigenvalue weighted by Gasteiger charge is -2.26. The van der Waals surface area contributed by atoms with Crippen molar-refractivity contribution in [3.05, 3.63) is 95.3 Å². The maximum atomic E-state index is 11.7. The third-order valence-corrected chi connectivity index (χ3v) is 5.88. The van der Waals surface area contributed by atoms with Crippen LogP contribution in [-0.4, -0.2) is 27.5 Å². The number of carboxylic acids is 1. The number of nitrogens with zero attached hydrogens (tertiary/aromatic N) is 2. The SMILES string of the molecule is Cc1cccc(COc2ccccc2CN(CCC(C(=O)O)C(C)C)Cc2ccncc2)c1. The first-order valence-corrected chi connectivity index (χ1v) is 11.5. The molecule has 1 aromatic heterocycles. The Labute approximate surface area is 197 Å². The van der Waals surface area contributed by atoms with Crippen LogP contribution in [0.5, 0.6) is 5.75 Å². The van der Waals surface area contributed by atoms with E-state index >= 15 is 0 Å². The summed E-state index contributed by atoms with van der Waals surface area (Å²) in [6.45, 7) is 8.62. The molecule has 2 aromatic carbocycles. The number of aromatic nitrogens is 1. The Morgan fingerprint density at radius 2 is 1.76 bits per heavy atom. The molecule has 1 N–H and O–H groups in total. The summed E-state index contributed by atoms with van der Waals surface area (Å²) < 4.78 is 6.20. The largest absolute Gasteiger partial charge is 0.489 e. The normalized spacial score (nSPS) is 12.2. The summed E-state index contributed by atoms with van der Waals surface area (Å²) in [4.78, 5) is 18.1. The summed E-state index contributed by atoms with van der Waals surface area (Å²) in [7, 11) is 0. The van der Waals surface area contributed by atoms with Crippen LogP contribution in [0.2, 0.25) is 0 Å². The summed E-state index contributed by atoms with van der Waals surface area (Å²) in [5.41, 5.74) is 4.60. The predicted octanol–water partition coefficient (Wildman–Crippen LogP) is 5.72. The van der Waals surface area contributed by atoms with Gasteiger partial charge in [0, 0.05) is 31.0 Å². The summed E-state index contributed by atoms with van der Waals surface area (Å²) in [5, 5.41) is 9.63. The van der Waals surface area contributed by atoms with Gasteiger partial charge in [-0.25, -0.2) is 0 Å². The smallest absolute Gasteiger partial charge is 0.306 e. The molecule has 0 saturated carbocycles. The van der Waals surface area contributed by atoms with E-state index in [2.05, 4.69) is 41.1 Å². The first-order chi connectivity index (χ1) is 15.9. The number of benzene rings is 2. The van der Waals surface area contributed by atoms with Crippen LogP contribution in [0.25, 0.3) is 0 Å². The fourth-order valence-corrected chi connectivity index (χ4v) is 4.00. The average Bonchev–Trinajstić information content (AvgIpc) is 2.79. The lowest BCUT2D eigenvalue weighted by molar-refractivity contribution is -0.143. The van der Waals surface area contributed by atoms with Gasteiger partial charge in [0.2, 0.25) is 0 Å². The molecule has 0 fully saturated rings. The zero-order valence-electron chi connectivity index (χ0n) is 19.8. The van der Waals surface area contributed by atoms with Crippen LogP contribution in [0.1, 0.15) is 42.5 Å². The predicted molar refractivity (Wildman–Crippen MR) is 131 cm³/mol. The second kappa shape index (κ2) is 12.2. The Bertz CT molecular complexity index is 1020. The number of rotatable bonds is 12. The van der Waals surface area contributed by atoms with Crippen LogP contribution in [-0.2, 0) is 24.5 Å². The van der Waals surface area contributed by atoms with Gasteiger partial charge in [0.1, 0.15) is 12.4 Å². The van der Waals surface area contributed by atoms with Gasteiger partial charge in [-0.15, -0.1) is 0 Å². The van der Waals surface area contributed by atoms with Gasteiger partial charge in [-0.05, 0) is 55.1 Å². The molecular weight excluding hydrogens is 412 g/mol. The van der Waals surface area contributed by atoms with Crippen molar-refractivity contribution in [2.24, 2.45) is 11.8 Å². The summed E-state index contributed by atoms with van der Waals surface area (Å²) in [6, 6.07) is 20.4. The fraction of sp³-hybridized carbons (Fsp3) is 0.357. The molecule has 0 spiro atoms. The van der Waals surface area contributed by atoms with Crippen LogP contribution in [0.3, 0.4) is 0 Å². The molecule has 174 valence electrons. The number of aliphatic carboxylic acids is 1. The molecule has 3 rings (SSSR count). The van der Waals surface area contributed by atoms with Crippen molar-refractivity contribution in [1.82, 2.24) is 9.88 Å². The van der Waals surface area contributed by atoms with E-state index in [0.717, 1.165) is 29.0 Å². The first-order valence-electron chi connectivity index (χ1n) is 11.5. The highest BCUT2D eigenvalue weighted by molar-refractivity contribution is 5.70. The first kappa shape index (κ1) is 24.5. The van der Waals surface area contributed by atoms with Gasteiger partial charge in [0.15, 0.2) is 0 Å². The molecule has 5 nitrogen and oxygen atoms in total. The Kier molecular flexibility index (Phi) is 9.02. The average molecular weight is 447 g/mol. The molecule has 0 aliphatic rings. The summed E-state index contributed by atoms with van der Waals surface area (Å²) >= 11 is 0. The van der Waals surface area contributed by atoms with E-state index in [1.165, 1.54) is 5.56 Å². The van der Waals surface area contributed by atoms with E-state index in [0.29, 0.717) is 26.1 Å². The number of aryl methyl sites for hydroxylation is 1. The van der Waals surface area contributed by atoms with Gasteiger partial charge in [-0.1, -0.05) is 61.9 Å². The van der Waals surface area contributed by atoms with Gasteiger partial charge < -0.3 is 9.84 Å². The quantitative estimate of drug-likeness (QED) is 0.386. The molecule has 0 radical (unpaired) electrons. The van der Waals surface area contributed by atoms with Crippen molar-refractivity contribution in [3.8, 4) is 5.75 Å². The van der Waals surface area contributed by atoms with E-state index in [-0.39, 0.29) is 11.8 Å². The third kappa shape index (κ3) is 7.72. The molecule has 33 heavy (non-hydrogen) atoms. The van der Waals surface area contributed by atoms with E-state index in [1.54, 1.807) is 12.4 Å². The minimum absolute atomic E-state index is 0.0928. The van der Waals surface area contributed by atoms with E-state index in [1.807, 2.05) is 50.2 Å². The van der Waals surface area contributed by atoms with Gasteiger partial charge in [-0.3, -0.25) is 14.7 Å². The molecule has 0 amide bonds. The lowest BCUT2D eigenvalue weighted by atomic mass is 9.92. The van der Waals surface area contributed by atoms with Crippen LogP contribution in [0.15, 0.2) is 73.1 Å². The number of carbonyl (C=O) groups is 1.